The zero-order valence-corrected chi connectivity index (χ0v) is 65.6. The van der Waals surface area contributed by atoms with Gasteiger partial charge in [-0.2, -0.15) is 5.10 Å². The Morgan fingerprint density at radius 2 is 0.924 bits per heavy atom. The van der Waals surface area contributed by atoms with Gasteiger partial charge in [0.05, 0.1) is 44.5 Å². The van der Waals surface area contributed by atoms with Crippen LogP contribution in [0.3, 0.4) is 0 Å². The summed E-state index contributed by atoms with van der Waals surface area (Å²) in [4.78, 5) is 39.4. The quantitative estimate of drug-likeness (QED) is 0.0857. The Balaban J connectivity index is 0.000000139. The number of aryl methyl sites for hydroxylation is 1. The van der Waals surface area contributed by atoms with Crippen molar-refractivity contribution < 1.29 is 0 Å². The SMILES string of the molecule is CC(C)(C)c1cc2ccccc2cn1.CC(C)(C)c1ccc2ccccc2c1.CC(C)(C)c1ccc2ccccc2c1.CC(C)c1cccc2[nH]c(N)nc12.CC(C)c1ccnc2c(N)n[nH]c12.CC(C)c1ccnc2c1NCC2.CC(C)c1ccnc2cc[nH]c12.Cc1nc2nccc(C(C)C)c2[nH]1. The highest BCUT2D eigenvalue weighted by molar-refractivity contribution is 5.88. The van der Waals surface area contributed by atoms with E-state index in [1.807, 2.05) is 74.3 Å². The molecule has 0 saturated heterocycles. The van der Waals surface area contributed by atoms with Crippen molar-refractivity contribution in [2.45, 2.75) is 191 Å². The molecule has 0 saturated carbocycles. The van der Waals surface area contributed by atoms with Gasteiger partial charge in [-0.05, 0) is 156 Å². The Hall–Kier alpha value is -10.8. The number of rotatable bonds is 5. The summed E-state index contributed by atoms with van der Waals surface area (Å²) in [6.07, 6.45) is 12.3. The van der Waals surface area contributed by atoms with E-state index in [4.69, 9.17) is 11.5 Å². The first-order valence-electron chi connectivity index (χ1n) is 37.0. The lowest BCUT2D eigenvalue weighted by Gasteiger charge is -2.19. The lowest BCUT2D eigenvalue weighted by atomic mass is 9.86. The summed E-state index contributed by atoms with van der Waals surface area (Å²) in [7, 11) is 0. The third-order valence-electron chi connectivity index (χ3n) is 18.6. The van der Waals surface area contributed by atoms with Crippen molar-refractivity contribution in [3.05, 3.63) is 257 Å². The average molecular weight is 1400 g/mol. The zero-order valence-electron chi connectivity index (χ0n) is 65.6. The van der Waals surface area contributed by atoms with E-state index < -0.39 is 0 Å². The number of nitrogens with two attached hydrogens (primary N) is 2. The number of aromatic amines is 4. The molecule has 0 spiro atoms. The number of nitrogens with one attached hydrogen (secondary N) is 5. The molecule has 546 valence electrons. The molecule has 10 heterocycles. The fraction of sp³-hybridized carbons (Fsp3) is 0.333. The highest BCUT2D eigenvalue weighted by atomic mass is 15.2. The number of hydrogen-bond acceptors (Lipinski definition) is 11. The molecule has 15 heteroatoms. The van der Waals surface area contributed by atoms with E-state index >= 15 is 0 Å². The molecule has 0 atom stereocenters. The monoisotopic (exact) mass is 1400 g/mol. The van der Waals surface area contributed by atoms with Crippen molar-refractivity contribution >= 4 is 94.0 Å². The lowest BCUT2D eigenvalue weighted by molar-refractivity contribution is 0.570. The topological polar surface area (TPSA) is 230 Å². The maximum absolute atomic E-state index is 5.64. The minimum absolute atomic E-state index is 0.129. The third-order valence-corrected chi connectivity index (χ3v) is 18.6. The number of pyridine rings is 5. The lowest BCUT2D eigenvalue weighted by Crippen LogP contribution is -2.12. The van der Waals surface area contributed by atoms with Crippen LogP contribution in [-0.2, 0) is 22.7 Å². The Morgan fingerprint density at radius 3 is 1.49 bits per heavy atom. The number of nitrogens with zero attached hydrogens (tertiary/aromatic N) is 8. The number of fused-ring (bicyclic) bond motifs is 8. The second-order valence-corrected chi connectivity index (χ2v) is 31.6. The minimum Gasteiger partial charge on any atom is -0.383 e. The normalized spacial score (nSPS) is 11.9. The summed E-state index contributed by atoms with van der Waals surface area (Å²) in [5, 5.41) is 18.0. The first-order chi connectivity index (χ1) is 49.9. The van der Waals surface area contributed by atoms with Crippen LogP contribution in [0.25, 0.3) is 76.6 Å². The molecule has 1 aliphatic heterocycles. The van der Waals surface area contributed by atoms with Crippen LogP contribution in [0.5, 0.6) is 0 Å². The molecule has 1 aliphatic rings. The van der Waals surface area contributed by atoms with Gasteiger partial charge in [-0.3, -0.25) is 25.0 Å². The molecule has 15 aromatic rings. The Labute approximate surface area is 621 Å². The molecule has 0 radical (unpaired) electrons. The molecule has 9 N–H and O–H groups in total. The van der Waals surface area contributed by atoms with Gasteiger partial charge in [0.15, 0.2) is 17.4 Å². The highest BCUT2D eigenvalue weighted by Crippen LogP contribution is 2.33. The van der Waals surface area contributed by atoms with Crippen LogP contribution in [0.1, 0.15) is 217 Å². The average Bonchev–Trinajstić information content (AvgIpc) is 1.57. The first-order valence-corrected chi connectivity index (χ1v) is 37.0. The van der Waals surface area contributed by atoms with Crippen LogP contribution in [0.15, 0.2) is 201 Å². The van der Waals surface area contributed by atoms with Crippen LogP contribution in [0.2, 0.25) is 0 Å². The van der Waals surface area contributed by atoms with E-state index in [1.165, 1.54) is 88.2 Å². The number of nitrogen functional groups attached to an aromatic ring is 2. The number of aromatic nitrogens is 12. The van der Waals surface area contributed by atoms with Crippen LogP contribution >= 0.6 is 0 Å². The maximum Gasteiger partial charge on any atom is 0.198 e. The van der Waals surface area contributed by atoms with E-state index in [0.717, 1.165) is 63.2 Å². The summed E-state index contributed by atoms with van der Waals surface area (Å²) in [5.74, 6) is 4.46. The van der Waals surface area contributed by atoms with Crippen LogP contribution in [-0.4, -0.2) is 66.6 Å². The predicted octanol–water partition coefficient (Wildman–Crippen LogP) is 23.0. The predicted molar refractivity (Wildman–Crippen MR) is 446 cm³/mol. The Bertz CT molecular complexity index is 4970. The summed E-state index contributed by atoms with van der Waals surface area (Å²) >= 11 is 0. The molecule has 0 unspecified atom stereocenters. The minimum atomic E-state index is 0.129. The van der Waals surface area contributed by atoms with E-state index in [2.05, 4.69) is 324 Å². The van der Waals surface area contributed by atoms with Crippen molar-refractivity contribution in [1.29, 1.82) is 0 Å². The van der Waals surface area contributed by atoms with Gasteiger partial charge in [-0.15, -0.1) is 0 Å². The molecule has 9 aromatic heterocycles. The van der Waals surface area contributed by atoms with E-state index in [0.29, 0.717) is 41.4 Å². The van der Waals surface area contributed by atoms with Crippen molar-refractivity contribution in [3.8, 4) is 0 Å². The molecule has 0 bridgehead atoms. The molecule has 0 fully saturated rings. The fourth-order valence-electron chi connectivity index (χ4n) is 12.5. The van der Waals surface area contributed by atoms with Gasteiger partial charge in [0.2, 0.25) is 0 Å². The molecule has 15 nitrogen and oxygen atoms in total. The molecular weight excluding hydrogens is 1290 g/mol. The van der Waals surface area contributed by atoms with Gasteiger partial charge in [-0.1, -0.05) is 253 Å². The Kier molecular flexibility index (Phi) is 25.9. The molecular formula is C90H111N15. The standard InChI is InChI=1S/2C14H16.C13H15N.2C10H13N3.C10H14N2.C10H12N2.C9H12N4/c2*1-14(2,3)13-9-8-11-6-4-5-7-12(11)10-13;1-13(2,3)12-8-10-6-4-5-7-11(10)9-14-12;1-6(2)8-4-5-11-10-9(8)12-7(3)13-10;1-6(2)7-4-3-5-8-9(7)13-10(11)12-8;2*1-7(2)8-3-5-11-9-4-6-12-10(8)9;1-5(2)6-3-4-11-8-7(6)12-13-9(8)10/h2*4-10H,1-3H3;4-9H,1-3H3;4-6H,1-3H3,(H,11,12,13);3-6H,1-2H3,(H3,11,12,13);3,5,7,12H,4,6H2,1-2H3;3-7,12H,1-2H3;3-5H,1-2H3,(H3,10,12,13). The summed E-state index contributed by atoms with van der Waals surface area (Å²) in [5.41, 5.74) is 32.6. The van der Waals surface area contributed by atoms with Crippen molar-refractivity contribution in [3.63, 3.8) is 0 Å². The summed E-state index contributed by atoms with van der Waals surface area (Å²) < 4.78 is 0. The maximum atomic E-state index is 5.64. The van der Waals surface area contributed by atoms with Crippen LogP contribution in [0.4, 0.5) is 17.5 Å². The zero-order chi connectivity index (χ0) is 75.9. The van der Waals surface area contributed by atoms with Crippen molar-refractivity contribution in [2.75, 3.05) is 23.3 Å². The number of hydrogen-bond donors (Lipinski definition) is 7. The second-order valence-electron chi connectivity index (χ2n) is 31.6. The van der Waals surface area contributed by atoms with Crippen LogP contribution < -0.4 is 16.8 Å². The van der Waals surface area contributed by atoms with E-state index in [-0.39, 0.29) is 16.2 Å². The Morgan fingerprint density at radius 1 is 0.419 bits per heavy atom. The van der Waals surface area contributed by atoms with Gasteiger partial charge in [0.25, 0.3) is 0 Å². The van der Waals surface area contributed by atoms with Crippen LogP contribution in [0, 0.1) is 6.92 Å². The van der Waals surface area contributed by atoms with Crippen molar-refractivity contribution in [1.82, 2.24) is 60.0 Å². The molecule has 105 heavy (non-hydrogen) atoms. The number of H-pyrrole nitrogens is 4. The molecule has 0 aliphatic carbocycles. The van der Waals surface area contributed by atoms with E-state index in [9.17, 15) is 0 Å². The van der Waals surface area contributed by atoms with Gasteiger partial charge in [-0.25, -0.2) is 15.0 Å². The second kappa shape index (κ2) is 34.7. The van der Waals surface area contributed by atoms with Gasteiger partial charge in [0, 0.05) is 66.6 Å². The van der Waals surface area contributed by atoms with Crippen molar-refractivity contribution in [2.24, 2.45) is 0 Å². The molecule has 16 rings (SSSR count). The number of anilines is 3. The van der Waals surface area contributed by atoms with Gasteiger partial charge in [0.1, 0.15) is 11.3 Å². The highest BCUT2D eigenvalue weighted by Gasteiger charge is 2.19. The molecule has 6 aromatic carbocycles. The summed E-state index contributed by atoms with van der Waals surface area (Å²) in [6, 6.07) is 57.3. The summed E-state index contributed by atoms with van der Waals surface area (Å²) in [6.45, 7) is 44.8. The number of benzene rings is 6. The number of imidazole rings is 2. The van der Waals surface area contributed by atoms with Gasteiger partial charge >= 0.3 is 0 Å². The smallest absolute Gasteiger partial charge is 0.198 e. The van der Waals surface area contributed by atoms with E-state index in [1.54, 1.807) is 6.20 Å². The number of para-hydroxylation sites is 1. The fourth-order valence-corrected chi connectivity index (χ4v) is 12.5. The first kappa shape index (κ1) is 78.3. The molecule has 0 amide bonds. The third kappa shape index (κ3) is 20.6. The van der Waals surface area contributed by atoms with Gasteiger partial charge < -0.3 is 31.7 Å². The largest absolute Gasteiger partial charge is 0.383 e.